The van der Waals surface area contributed by atoms with Gasteiger partial charge in [0, 0.05) is 18.9 Å². The summed E-state index contributed by atoms with van der Waals surface area (Å²) in [7, 11) is 0. The van der Waals surface area contributed by atoms with E-state index in [1.807, 2.05) is 22.7 Å². The lowest BCUT2D eigenvalue weighted by Gasteiger charge is -2.15. The Morgan fingerprint density at radius 2 is 2.19 bits per heavy atom. The Bertz CT molecular complexity index is 632. The first-order valence-electron chi connectivity index (χ1n) is 7.26. The molecule has 0 saturated carbocycles. The van der Waals surface area contributed by atoms with Crippen molar-refractivity contribution in [1.82, 2.24) is 14.3 Å². The van der Waals surface area contributed by atoms with Crippen LogP contribution < -0.4 is 4.74 Å². The molecule has 6 heteroatoms. The maximum Gasteiger partial charge on any atom is 0.309 e. The van der Waals surface area contributed by atoms with Crippen molar-refractivity contribution in [2.75, 3.05) is 26.2 Å². The molecular weight excluding hydrogens is 270 g/mol. The zero-order valence-corrected chi connectivity index (χ0v) is 11.9. The van der Waals surface area contributed by atoms with Crippen LogP contribution in [0.4, 0.5) is 0 Å². The minimum atomic E-state index is -0.880. The van der Waals surface area contributed by atoms with Crippen molar-refractivity contribution in [3.05, 3.63) is 30.2 Å². The molecule has 2 aromatic rings. The predicted molar refractivity (Wildman–Crippen MR) is 77.7 cm³/mol. The fourth-order valence-corrected chi connectivity index (χ4v) is 2.68. The highest BCUT2D eigenvalue weighted by Gasteiger charge is 2.12. The van der Waals surface area contributed by atoms with Gasteiger partial charge in [-0.2, -0.15) is 0 Å². The summed E-state index contributed by atoms with van der Waals surface area (Å²) in [6, 6.07) is 3.75. The van der Waals surface area contributed by atoms with E-state index in [-0.39, 0.29) is 6.42 Å². The standard InChI is InChI=1S/C15H19N3O3/c19-14(20)10-12-11-18-7-3-4-13(15(18)16-12)21-9-8-17-5-1-2-6-17/h3-4,7,11H,1-2,5-6,8-10H2,(H,19,20). The van der Waals surface area contributed by atoms with Crippen molar-refractivity contribution in [3.8, 4) is 5.75 Å². The fourth-order valence-electron chi connectivity index (χ4n) is 2.68. The quantitative estimate of drug-likeness (QED) is 0.871. The molecule has 6 nitrogen and oxygen atoms in total. The SMILES string of the molecule is O=C(O)Cc1cn2cccc(OCCN3CCCC3)c2n1. The van der Waals surface area contributed by atoms with Gasteiger partial charge in [0.2, 0.25) is 0 Å². The summed E-state index contributed by atoms with van der Waals surface area (Å²) in [6.45, 7) is 3.85. The van der Waals surface area contributed by atoms with E-state index < -0.39 is 5.97 Å². The summed E-state index contributed by atoms with van der Waals surface area (Å²) >= 11 is 0. The van der Waals surface area contributed by atoms with Crippen LogP contribution in [0.1, 0.15) is 18.5 Å². The third-order valence-corrected chi connectivity index (χ3v) is 3.69. The number of carboxylic acid groups (broad SMARTS) is 1. The van der Waals surface area contributed by atoms with Crippen LogP contribution in [0.15, 0.2) is 24.5 Å². The summed E-state index contributed by atoms with van der Waals surface area (Å²) in [5.41, 5.74) is 1.22. The number of imidazole rings is 1. The van der Waals surface area contributed by atoms with Gasteiger partial charge in [0.1, 0.15) is 6.61 Å². The summed E-state index contributed by atoms with van der Waals surface area (Å²) in [4.78, 5) is 17.5. The number of rotatable bonds is 6. The lowest BCUT2D eigenvalue weighted by molar-refractivity contribution is -0.136. The maximum absolute atomic E-state index is 10.8. The van der Waals surface area contributed by atoms with Gasteiger partial charge in [0.15, 0.2) is 11.4 Å². The second-order valence-electron chi connectivity index (χ2n) is 5.30. The molecule has 1 fully saturated rings. The van der Waals surface area contributed by atoms with Crippen molar-refractivity contribution in [1.29, 1.82) is 0 Å². The second-order valence-corrected chi connectivity index (χ2v) is 5.30. The zero-order chi connectivity index (χ0) is 14.7. The van der Waals surface area contributed by atoms with Crippen molar-refractivity contribution < 1.29 is 14.6 Å². The second kappa shape index (κ2) is 6.13. The number of pyridine rings is 1. The molecule has 0 radical (unpaired) electrons. The van der Waals surface area contributed by atoms with Crippen LogP contribution in [-0.4, -0.2) is 51.6 Å². The molecule has 3 heterocycles. The van der Waals surface area contributed by atoms with Crippen molar-refractivity contribution in [2.24, 2.45) is 0 Å². The first kappa shape index (κ1) is 13.9. The highest BCUT2D eigenvalue weighted by Crippen LogP contribution is 2.19. The Labute approximate surface area is 123 Å². The number of likely N-dealkylation sites (tertiary alicyclic amines) is 1. The third-order valence-electron chi connectivity index (χ3n) is 3.69. The summed E-state index contributed by atoms with van der Waals surface area (Å²) in [6.07, 6.45) is 6.05. The predicted octanol–water partition coefficient (Wildman–Crippen LogP) is 1.44. The highest BCUT2D eigenvalue weighted by atomic mass is 16.5. The van der Waals surface area contributed by atoms with Crippen LogP contribution in [0.5, 0.6) is 5.75 Å². The molecule has 1 aliphatic heterocycles. The van der Waals surface area contributed by atoms with Crippen LogP contribution in [0.3, 0.4) is 0 Å². The molecular formula is C15H19N3O3. The first-order valence-corrected chi connectivity index (χ1v) is 7.26. The normalized spacial score (nSPS) is 15.6. The van der Waals surface area contributed by atoms with Gasteiger partial charge >= 0.3 is 5.97 Å². The van der Waals surface area contributed by atoms with Crippen LogP contribution in [-0.2, 0) is 11.2 Å². The fraction of sp³-hybridized carbons (Fsp3) is 0.467. The number of hydrogen-bond acceptors (Lipinski definition) is 4. The van der Waals surface area contributed by atoms with Gasteiger partial charge < -0.3 is 14.2 Å². The molecule has 0 atom stereocenters. The van der Waals surface area contributed by atoms with Gasteiger partial charge in [0.05, 0.1) is 12.1 Å². The zero-order valence-electron chi connectivity index (χ0n) is 11.9. The Morgan fingerprint density at radius 3 is 2.95 bits per heavy atom. The summed E-state index contributed by atoms with van der Waals surface area (Å²) in [5.74, 6) is -0.178. The van der Waals surface area contributed by atoms with E-state index in [1.165, 1.54) is 12.8 Å². The van der Waals surface area contributed by atoms with E-state index in [4.69, 9.17) is 9.84 Å². The monoisotopic (exact) mass is 289 g/mol. The number of carboxylic acids is 1. The molecule has 0 aliphatic carbocycles. The molecule has 0 bridgehead atoms. The Hall–Kier alpha value is -2.08. The average Bonchev–Trinajstić information content (AvgIpc) is 3.07. The minimum absolute atomic E-state index is 0.0745. The summed E-state index contributed by atoms with van der Waals surface area (Å²) < 4.78 is 7.64. The van der Waals surface area contributed by atoms with E-state index in [0.29, 0.717) is 23.7 Å². The van der Waals surface area contributed by atoms with Gasteiger partial charge in [-0.25, -0.2) is 4.98 Å². The highest BCUT2D eigenvalue weighted by molar-refractivity contribution is 5.70. The molecule has 0 unspecified atom stereocenters. The Balaban J connectivity index is 1.68. The van der Waals surface area contributed by atoms with E-state index in [2.05, 4.69) is 9.88 Å². The van der Waals surface area contributed by atoms with Gasteiger partial charge in [0.25, 0.3) is 0 Å². The molecule has 21 heavy (non-hydrogen) atoms. The minimum Gasteiger partial charge on any atom is -0.488 e. The molecule has 112 valence electrons. The van der Waals surface area contributed by atoms with Crippen LogP contribution >= 0.6 is 0 Å². The number of carbonyl (C=O) groups is 1. The Morgan fingerprint density at radius 1 is 1.38 bits per heavy atom. The summed E-state index contributed by atoms with van der Waals surface area (Å²) in [5, 5.41) is 8.84. The first-order chi connectivity index (χ1) is 10.2. The number of nitrogens with zero attached hydrogens (tertiary/aromatic N) is 3. The molecule has 0 amide bonds. The molecule has 2 aromatic heterocycles. The van der Waals surface area contributed by atoms with E-state index >= 15 is 0 Å². The van der Waals surface area contributed by atoms with Gasteiger partial charge in [-0.1, -0.05) is 0 Å². The number of fused-ring (bicyclic) bond motifs is 1. The molecule has 1 aliphatic rings. The molecule has 0 spiro atoms. The number of aliphatic carboxylic acids is 1. The lowest BCUT2D eigenvalue weighted by Crippen LogP contribution is -2.25. The van der Waals surface area contributed by atoms with Crippen LogP contribution in [0.2, 0.25) is 0 Å². The third kappa shape index (κ3) is 3.33. The van der Waals surface area contributed by atoms with Crippen molar-refractivity contribution >= 4 is 11.6 Å². The van der Waals surface area contributed by atoms with E-state index in [1.54, 1.807) is 6.20 Å². The molecule has 0 aromatic carbocycles. The van der Waals surface area contributed by atoms with Gasteiger partial charge in [-0.3, -0.25) is 9.69 Å². The molecule has 3 rings (SSSR count). The van der Waals surface area contributed by atoms with Crippen molar-refractivity contribution in [2.45, 2.75) is 19.3 Å². The van der Waals surface area contributed by atoms with Gasteiger partial charge in [-0.05, 0) is 38.1 Å². The maximum atomic E-state index is 10.8. The number of ether oxygens (including phenoxy) is 1. The van der Waals surface area contributed by atoms with E-state index in [9.17, 15) is 4.79 Å². The lowest BCUT2D eigenvalue weighted by atomic mass is 10.3. The number of aromatic nitrogens is 2. The molecule has 1 saturated heterocycles. The van der Waals surface area contributed by atoms with Crippen LogP contribution in [0.25, 0.3) is 5.65 Å². The number of hydrogen-bond donors (Lipinski definition) is 1. The topological polar surface area (TPSA) is 67.1 Å². The Kier molecular flexibility index (Phi) is 4.06. The van der Waals surface area contributed by atoms with Crippen LogP contribution in [0, 0.1) is 0 Å². The van der Waals surface area contributed by atoms with Gasteiger partial charge in [-0.15, -0.1) is 0 Å². The van der Waals surface area contributed by atoms with E-state index in [0.717, 1.165) is 19.6 Å². The average molecular weight is 289 g/mol. The van der Waals surface area contributed by atoms with Crippen molar-refractivity contribution in [3.63, 3.8) is 0 Å². The largest absolute Gasteiger partial charge is 0.488 e. The smallest absolute Gasteiger partial charge is 0.309 e. The molecule has 1 N–H and O–H groups in total.